The molecule has 2 aromatic carbocycles. The molecule has 3 N–H and O–H groups in total. The maximum atomic E-state index is 12.1. The molecule has 1 saturated heterocycles. The van der Waals surface area contributed by atoms with E-state index in [2.05, 4.69) is 29.7 Å². The van der Waals surface area contributed by atoms with Gasteiger partial charge in [-0.1, -0.05) is 49.4 Å². The minimum atomic E-state index is -5.08. The van der Waals surface area contributed by atoms with Crippen molar-refractivity contribution < 1.29 is 27.9 Å². The van der Waals surface area contributed by atoms with Crippen molar-refractivity contribution in [2.24, 2.45) is 5.41 Å². The van der Waals surface area contributed by atoms with E-state index in [1.807, 2.05) is 42.5 Å². The molecule has 1 aliphatic heterocycles. The van der Waals surface area contributed by atoms with Gasteiger partial charge in [-0.05, 0) is 23.3 Å². The Labute approximate surface area is 160 Å². The maximum Gasteiger partial charge on any atom is 0.490 e. The molecule has 0 spiro atoms. The van der Waals surface area contributed by atoms with Gasteiger partial charge in [0.25, 0.3) is 5.91 Å². The van der Waals surface area contributed by atoms with E-state index in [0.29, 0.717) is 5.56 Å². The molecule has 3 rings (SSSR count). The van der Waals surface area contributed by atoms with Crippen molar-refractivity contribution in [2.75, 3.05) is 19.6 Å². The highest BCUT2D eigenvalue weighted by Crippen LogP contribution is 2.21. The monoisotopic (exact) mass is 394 g/mol. The van der Waals surface area contributed by atoms with Crippen molar-refractivity contribution in [3.63, 3.8) is 0 Å². The highest BCUT2D eigenvalue weighted by Gasteiger charge is 2.38. The molecule has 0 atom stereocenters. The summed E-state index contributed by atoms with van der Waals surface area (Å²) >= 11 is 0. The molecular weight excluding hydrogens is 373 g/mol. The average Bonchev–Trinajstić information content (AvgIpc) is 2.65. The predicted octanol–water partition coefficient (Wildman–Crippen LogP) is 3.33. The highest BCUT2D eigenvalue weighted by molar-refractivity contribution is 5.94. The van der Waals surface area contributed by atoms with Crippen LogP contribution >= 0.6 is 0 Å². The van der Waals surface area contributed by atoms with Gasteiger partial charge in [0.2, 0.25) is 0 Å². The summed E-state index contributed by atoms with van der Waals surface area (Å²) in [5.41, 5.74) is 3.21. The van der Waals surface area contributed by atoms with E-state index in [9.17, 15) is 18.0 Å². The second kappa shape index (κ2) is 8.88. The molecule has 28 heavy (non-hydrogen) atoms. The van der Waals surface area contributed by atoms with Gasteiger partial charge in [-0.3, -0.25) is 4.79 Å². The minimum Gasteiger partial charge on any atom is -0.475 e. The summed E-state index contributed by atoms with van der Waals surface area (Å²) in [7, 11) is 0. The molecule has 5 nitrogen and oxygen atoms in total. The van der Waals surface area contributed by atoms with Gasteiger partial charge in [0.05, 0.1) is 0 Å². The number of hydrogen-bond donors (Lipinski definition) is 3. The number of benzene rings is 2. The SMILES string of the molecule is CC1(CNC(=O)c2ccc(-c3ccccc3)cc2)CNC1.O=C(O)C(F)(F)F. The number of rotatable bonds is 4. The summed E-state index contributed by atoms with van der Waals surface area (Å²) < 4.78 is 31.7. The fourth-order valence-electron chi connectivity index (χ4n) is 2.52. The van der Waals surface area contributed by atoms with Gasteiger partial charge in [-0.2, -0.15) is 13.2 Å². The summed E-state index contributed by atoms with van der Waals surface area (Å²) in [6.45, 7) is 4.85. The van der Waals surface area contributed by atoms with Crippen LogP contribution in [0.4, 0.5) is 13.2 Å². The van der Waals surface area contributed by atoms with Gasteiger partial charge in [0, 0.05) is 30.6 Å². The molecule has 150 valence electrons. The summed E-state index contributed by atoms with van der Waals surface area (Å²) in [5.74, 6) is -2.75. The Bertz CT molecular complexity index is 802. The van der Waals surface area contributed by atoms with Crippen LogP contribution in [0.15, 0.2) is 54.6 Å². The van der Waals surface area contributed by atoms with Crippen molar-refractivity contribution in [3.8, 4) is 11.1 Å². The molecule has 0 radical (unpaired) electrons. The van der Waals surface area contributed by atoms with Crippen LogP contribution in [-0.4, -0.2) is 42.8 Å². The lowest BCUT2D eigenvalue weighted by atomic mass is 9.84. The normalized spacial score (nSPS) is 14.9. The Balaban J connectivity index is 0.000000345. The summed E-state index contributed by atoms with van der Waals surface area (Å²) in [6, 6.07) is 17.9. The van der Waals surface area contributed by atoms with Crippen molar-refractivity contribution in [3.05, 3.63) is 60.2 Å². The zero-order chi connectivity index (χ0) is 20.8. The third kappa shape index (κ3) is 6.09. The molecule has 1 aliphatic rings. The lowest BCUT2D eigenvalue weighted by Crippen LogP contribution is -2.56. The summed E-state index contributed by atoms with van der Waals surface area (Å²) in [6.07, 6.45) is -5.08. The Morgan fingerprint density at radius 1 is 1.04 bits per heavy atom. The Hall–Kier alpha value is -2.87. The van der Waals surface area contributed by atoms with Gasteiger partial charge in [-0.25, -0.2) is 4.79 Å². The lowest BCUT2D eigenvalue weighted by molar-refractivity contribution is -0.192. The van der Waals surface area contributed by atoms with Gasteiger partial charge in [0.1, 0.15) is 0 Å². The van der Waals surface area contributed by atoms with E-state index >= 15 is 0 Å². The highest BCUT2D eigenvalue weighted by atomic mass is 19.4. The zero-order valence-electron chi connectivity index (χ0n) is 15.2. The fourth-order valence-corrected chi connectivity index (χ4v) is 2.52. The predicted molar refractivity (Wildman–Crippen MR) is 98.9 cm³/mol. The fraction of sp³-hybridized carbons (Fsp3) is 0.300. The van der Waals surface area contributed by atoms with Gasteiger partial charge in [0.15, 0.2) is 0 Å². The van der Waals surface area contributed by atoms with Crippen molar-refractivity contribution in [1.82, 2.24) is 10.6 Å². The first-order valence-electron chi connectivity index (χ1n) is 8.55. The average molecular weight is 394 g/mol. The van der Waals surface area contributed by atoms with Crippen LogP contribution < -0.4 is 10.6 Å². The van der Waals surface area contributed by atoms with Crippen LogP contribution in [0.5, 0.6) is 0 Å². The summed E-state index contributed by atoms with van der Waals surface area (Å²) in [4.78, 5) is 21.0. The van der Waals surface area contributed by atoms with E-state index in [4.69, 9.17) is 9.90 Å². The van der Waals surface area contributed by atoms with E-state index in [-0.39, 0.29) is 11.3 Å². The lowest BCUT2D eigenvalue weighted by Gasteiger charge is -2.39. The van der Waals surface area contributed by atoms with Gasteiger partial charge in [-0.15, -0.1) is 0 Å². The summed E-state index contributed by atoms with van der Waals surface area (Å²) in [5, 5.41) is 13.4. The molecule has 0 aliphatic carbocycles. The zero-order valence-corrected chi connectivity index (χ0v) is 15.2. The third-order valence-electron chi connectivity index (χ3n) is 4.28. The first kappa shape index (κ1) is 21.4. The van der Waals surface area contributed by atoms with Crippen molar-refractivity contribution in [1.29, 1.82) is 0 Å². The molecule has 0 saturated carbocycles. The molecule has 2 aromatic rings. The number of aliphatic carboxylic acids is 1. The van der Waals surface area contributed by atoms with Crippen LogP contribution in [0.2, 0.25) is 0 Å². The molecule has 1 fully saturated rings. The number of amides is 1. The van der Waals surface area contributed by atoms with Crippen LogP contribution in [0.25, 0.3) is 11.1 Å². The quantitative estimate of drug-likeness (QED) is 0.743. The molecule has 0 aromatic heterocycles. The van der Waals surface area contributed by atoms with Crippen molar-refractivity contribution >= 4 is 11.9 Å². The standard InChI is InChI=1S/C18H20N2O.C2HF3O2/c1-18(11-19-12-18)13-20-17(21)16-9-7-15(8-10-16)14-5-3-2-4-6-14;3-2(4,5)1(6)7/h2-10,19H,11-13H2,1H3,(H,20,21);(H,6,7). The van der Waals surface area contributed by atoms with Crippen molar-refractivity contribution in [2.45, 2.75) is 13.1 Å². The first-order chi connectivity index (χ1) is 13.1. The Morgan fingerprint density at radius 3 is 1.96 bits per heavy atom. The second-order valence-electron chi connectivity index (χ2n) is 6.84. The molecule has 8 heteroatoms. The number of hydrogen-bond acceptors (Lipinski definition) is 3. The number of carboxylic acids is 1. The minimum absolute atomic E-state index is 0.00253. The molecule has 0 bridgehead atoms. The topological polar surface area (TPSA) is 78.4 Å². The first-order valence-corrected chi connectivity index (χ1v) is 8.55. The number of alkyl halides is 3. The third-order valence-corrected chi connectivity index (χ3v) is 4.28. The second-order valence-corrected chi connectivity index (χ2v) is 6.84. The van der Waals surface area contributed by atoms with Crippen LogP contribution in [0, 0.1) is 5.41 Å². The largest absolute Gasteiger partial charge is 0.490 e. The Morgan fingerprint density at radius 2 is 1.54 bits per heavy atom. The number of carboxylic acid groups (broad SMARTS) is 1. The van der Waals surface area contributed by atoms with Gasteiger partial charge >= 0.3 is 12.1 Å². The van der Waals surface area contributed by atoms with Crippen LogP contribution in [0.3, 0.4) is 0 Å². The molecule has 1 amide bonds. The van der Waals surface area contributed by atoms with E-state index < -0.39 is 12.1 Å². The number of halogens is 3. The molecular formula is C20H21F3N2O3. The van der Waals surface area contributed by atoms with E-state index in [1.165, 1.54) is 0 Å². The maximum absolute atomic E-state index is 12.1. The smallest absolute Gasteiger partial charge is 0.475 e. The Kier molecular flexibility index (Phi) is 6.80. The van der Waals surface area contributed by atoms with E-state index in [0.717, 1.165) is 30.8 Å². The van der Waals surface area contributed by atoms with Crippen LogP contribution in [0.1, 0.15) is 17.3 Å². The van der Waals surface area contributed by atoms with Crippen LogP contribution in [-0.2, 0) is 4.79 Å². The number of nitrogens with one attached hydrogen (secondary N) is 2. The molecule has 1 heterocycles. The van der Waals surface area contributed by atoms with Gasteiger partial charge < -0.3 is 15.7 Å². The number of carbonyl (C=O) groups is 2. The molecule has 0 unspecified atom stereocenters. The number of carbonyl (C=O) groups excluding carboxylic acids is 1. The van der Waals surface area contributed by atoms with E-state index in [1.54, 1.807) is 0 Å².